The lowest BCUT2D eigenvalue weighted by Gasteiger charge is -2.02. The SMILES string of the molecule is Cc1c(Br)c([N+](=O)[O-])nn1Cc1noc(C(=O)NCCCn2ccnc2)n1. The van der Waals surface area contributed by atoms with Crippen molar-refractivity contribution in [3.63, 3.8) is 0 Å². The molecule has 1 N–H and O–H groups in total. The summed E-state index contributed by atoms with van der Waals surface area (Å²) in [5, 5.41) is 21.2. The molecule has 0 saturated carbocycles. The van der Waals surface area contributed by atoms with Crippen LogP contribution in [-0.2, 0) is 13.1 Å². The lowest BCUT2D eigenvalue weighted by Crippen LogP contribution is -2.25. The topological polar surface area (TPSA) is 147 Å². The first-order chi connectivity index (χ1) is 13.0. The molecular weight excluding hydrogens is 424 g/mol. The predicted octanol–water partition coefficient (Wildman–Crippen LogP) is 1.31. The molecule has 27 heavy (non-hydrogen) atoms. The average Bonchev–Trinajstić information content (AvgIpc) is 3.36. The van der Waals surface area contributed by atoms with Crippen LogP contribution >= 0.6 is 15.9 Å². The van der Waals surface area contributed by atoms with Gasteiger partial charge in [0.15, 0.2) is 5.82 Å². The number of aryl methyl sites for hydroxylation is 1. The van der Waals surface area contributed by atoms with Crippen molar-refractivity contribution in [2.24, 2.45) is 0 Å². The van der Waals surface area contributed by atoms with Crippen LogP contribution in [0.5, 0.6) is 0 Å². The van der Waals surface area contributed by atoms with Gasteiger partial charge < -0.3 is 24.5 Å². The highest BCUT2D eigenvalue weighted by Crippen LogP contribution is 2.27. The van der Waals surface area contributed by atoms with Crippen molar-refractivity contribution < 1.29 is 14.2 Å². The van der Waals surface area contributed by atoms with E-state index in [1.54, 1.807) is 19.4 Å². The third-order valence-corrected chi connectivity index (χ3v) is 4.61. The number of rotatable bonds is 8. The Morgan fingerprint density at radius 2 is 2.30 bits per heavy atom. The van der Waals surface area contributed by atoms with Crippen molar-refractivity contribution in [3.8, 4) is 0 Å². The summed E-state index contributed by atoms with van der Waals surface area (Å²) in [6.07, 6.45) is 5.94. The summed E-state index contributed by atoms with van der Waals surface area (Å²) in [6, 6.07) is 0. The minimum Gasteiger partial charge on any atom is -0.358 e. The zero-order valence-corrected chi connectivity index (χ0v) is 15.8. The van der Waals surface area contributed by atoms with Crippen molar-refractivity contribution in [3.05, 3.63) is 50.7 Å². The number of amides is 1. The van der Waals surface area contributed by atoms with Crippen LogP contribution in [0.4, 0.5) is 5.82 Å². The minimum absolute atomic E-state index is 0.0374. The lowest BCUT2D eigenvalue weighted by molar-refractivity contribution is -0.390. The third-order valence-electron chi connectivity index (χ3n) is 3.68. The average molecular weight is 439 g/mol. The molecule has 0 fully saturated rings. The molecule has 3 heterocycles. The molecule has 0 aliphatic carbocycles. The highest BCUT2D eigenvalue weighted by Gasteiger charge is 2.25. The Hall–Kier alpha value is -3.09. The largest absolute Gasteiger partial charge is 0.404 e. The van der Waals surface area contributed by atoms with Crippen LogP contribution in [0, 0.1) is 17.0 Å². The Balaban J connectivity index is 1.55. The Morgan fingerprint density at radius 1 is 1.48 bits per heavy atom. The number of carbonyl (C=O) groups is 1. The summed E-state index contributed by atoms with van der Waals surface area (Å²) in [5.41, 5.74) is 0.539. The second kappa shape index (κ2) is 8.07. The molecular formula is C14H15BrN8O4. The molecule has 0 aliphatic rings. The van der Waals surface area contributed by atoms with E-state index in [4.69, 9.17) is 4.52 Å². The van der Waals surface area contributed by atoms with Gasteiger partial charge in [-0.1, -0.05) is 5.16 Å². The fraction of sp³-hybridized carbons (Fsp3) is 0.357. The number of hydrogen-bond acceptors (Lipinski definition) is 8. The molecule has 0 bridgehead atoms. The van der Waals surface area contributed by atoms with E-state index in [1.807, 2.05) is 10.8 Å². The molecule has 3 aromatic heterocycles. The van der Waals surface area contributed by atoms with Crippen molar-refractivity contribution >= 4 is 27.7 Å². The molecule has 3 aromatic rings. The van der Waals surface area contributed by atoms with Gasteiger partial charge >= 0.3 is 17.6 Å². The third kappa shape index (κ3) is 4.36. The number of imidazole rings is 1. The van der Waals surface area contributed by atoms with Crippen LogP contribution < -0.4 is 5.32 Å². The Morgan fingerprint density at radius 3 is 2.96 bits per heavy atom. The maximum atomic E-state index is 12.0. The second-order valence-corrected chi connectivity index (χ2v) is 6.36. The van der Waals surface area contributed by atoms with E-state index >= 15 is 0 Å². The maximum Gasteiger partial charge on any atom is 0.404 e. The van der Waals surface area contributed by atoms with Crippen molar-refractivity contribution in [1.29, 1.82) is 0 Å². The molecule has 0 atom stereocenters. The molecule has 13 heteroatoms. The highest BCUT2D eigenvalue weighted by molar-refractivity contribution is 9.10. The first-order valence-electron chi connectivity index (χ1n) is 7.89. The van der Waals surface area contributed by atoms with Gasteiger partial charge in [0.2, 0.25) is 0 Å². The molecule has 3 rings (SSSR count). The van der Waals surface area contributed by atoms with Crippen LogP contribution in [0.1, 0.15) is 28.6 Å². The van der Waals surface area contributed by atoms with Gasteiger partial charge in [-0.2, -0.15) is 9.67 Å². The van der Waals surface area contributed by atoms with Crippen LogP contribution in [0.25, 0.3) is 0 Å². The van der Waals surface area contributed by atoms with E-state index in [9.17, 15) is 14.9 Å². The first-order valence-corrected chi connectivity index (χ1v) is 8.69. The highest BCUT2D eigenvalue weighted by atomic mass is 79.9. The van der Waals surface area contributed by atoms with Crippen LogP contribution in [0.2, 0.25) is 0 Å². The minimum atomic E-state index is -0.591. The quantitative estimate of drug-likeness (QED) is 0.314. The van der Waals surface area contributed by atoms with E-state index in [-0.39, 0.29) is 28.6 Å². The summed E-state index contributed by atoms with van der Waals surface area (Å²) >= 11 is 3.13. The normalized spacial score (nSPS) is 10.9. The van der Waals surface area contributed by atoms with Crippen LogP contribution in [0.3, 0.4) is 0 Å². The Bertz CT molecular complexity index is 949. The molecule has 0 spiro atoms. The first kappa shape index (κ1) is 18.7. The predicted molar refractivity (Wildman–Crippen MR) is 93.9 cm³/mol. The van der Waals surface area contributed by atoms with Gasteiger partial charge in [0.05, 0.1) is 17.1 Å². The van der Waals surface area contributed by atoms with Crippen LogP contribution in [-0.4, -0.2) is 46.8 Å². The van der Waals surface area contributed by atoms with Gasteiger partial charge in [0.25, 0.3) is 0 Å². The number of carbonyl (C=O) groups excluding carboxylic acids is 1. The molecule has 0 aliphatic heterocycles. The maximum absolute atomic E-state index is 12.0. The number of halogens is 1. The Kier molecular flexibility index (Phi) is 5.59. The smallest absolute Gasteiger partial charge is 0.358 e. The van der Waals surface area contributed by atoms with Crippen molar-refractivity contribution in [1.82, 2.24) is 34.8 Å². The molecule has 0 aromatic carbocycles. The molecule has 0 saturated heterocycles. The van der Waals surface area contributed by atoms with E-state index < -0.39 is 10.8 Å². The van der Waals surface area contributed by atoms with Gasteiger partial charge in [-0.25, -0.2) is 4.98 Å². The number of hydrogen-bond donors (Lipinski definition) is 1. The second-order valence-electron chi connectivity index (χ2n) is 5.56. The van der Waals surface area contributed by atoms with Crippen molar-refractivity contribution in [2.45, 2.75) is 26.4 Å². The van der Waals surface area contributed by atoms with Gasteiger partial charge in [0.1, 0.15) is 11.0 Å². The summed E-state index contributed by atoms with van der Waals surface area (Å²) in [6.45, 7) is 2.86. The van der Waals surface area contributed by atoms with Crippen molar-refractivity contribution in [2.75, 3.05) is 6.54 Å². The molecule has 142 valence electrons. The summed E-state index contributed by atoms with van der Waals surface area (Å²) in [7, 11) is 0. The number of nitrogens with zero attached hydrogens (tertiary/aromatic N) is 7. The molecule has 0 unspecified atom stereocenters. The summed E-state index contributed by atoms with van der Waals surface area (Å²) in [4.78, 5) is 30.3. The number of nitro groups is 1. The van der Waals surface area contributed by atoms with E-state index in [1.165, 1.54) is 4.68 Å². The summed E-state index contributed by atoms with van der Waals surface area (Å²) < 4.78 is 8.50. The molecule has 1 amide bonds. The number of nitrogens with one attached hydrogen (secondary N) is 1. The Labute approximate surface area is 160 Å². The van der Waals surface area contributed by atoms with Crippen LogP contribution in [0.15, 0.2) is 27.7 Å². The van der Waals surface area contributed by atoms with Gasteiger partial charge in [-0.3, -0.25) is 4.79 Å². The van der Waals surface area contributed by atoms with E-state index in [0.717, 1.165) is 6.54 Å². The van der Waals surface area contributed by atoms with Gasteiger partial charge in [-0.15, -0.1) is 0 Å². The standard InChI is InChI=1S/C14H15BrN8O4/c1-9-11(15)12(23(25)26)19-22(9)7-10-18-14(27-20-10)13(24)17-3-2-5-21-6-4-16-8-21/h4,6,8H,2-3,5,7H2,1H3,(H,17,24). The molecule has 12 nitrogen and oxygen atoms in total. The lowest BCUT2D eigenvalue weighted by atomic mass is 10.4. The molecule has 0 radical (unpaired) electrons. The van der Waals surface area contributed by atoms with Gasteiger partial charge in [0, 0.05) is 25.5 Å². The fourth-order valence-electron chi connectivity index (χ4n) is 2.28. The summed E-state index contributed by atoms with van der Waals surface area (Å²) in [5.74, 6) is -0.770. The van der Waals surface area contributed by atoms with E-state index in [0.29, 0.717) is 18.7 Å². The zero-order valence-electron chi connectivity index (χ0n) is 14.2. The monoisotopic (exact) mass is 438 g/mol. The van der Waals surface area contributed by atoms with E-state index in [2.05, 4.69) is 41.5 Å². The zero-order chi connectivity index (χ0) is 19.4. The number of aromatic nitrogens is 6. The fourth-order valence-corrected chi connectivity index (χ4v) is 2.71. The van der Waals surface area contributed by atoms with Gasteiger partial charge in [-0.05, 0) is 34.2 Å².